The summed E-state index contributed by atoms with van der Waals surface area (Å²) in [5.41, 5.74) is 4.50. The highest BCUT2D eigenvalue weighted by atomic mass is 19.1. The molecule has 7 heteroatoms. The number of aliphatic hydroxyl groups excluding tert-OH is 1. The molecule has 192 valence electrons. The molecule has 1 aliphatic carbocycles. The number of aryl methyl sites for hydroxylation is 1. The maximum atomic E-state index is 13.6. The predicted octanol–water partition coefficient (Wildman–Crippen LogP) is 4.62. The summed E-state index contributed by atoms with van der Waals surface area (Å²) in [5, 5.41) is 16.5. The Labute approximate surface area is 206 Å². The molecular formula is C28H37F3N2O2. The molecule has 35 heavy (non-hydrogen) atoms. The van der Waals surface area contributed by atoms with Crippen molar-refractivity contribution < 1.29 is 23.1 Å². The first kappa shape index (κ1) is 27.2. The third-order valence-electron chi connectivity index (χ3n) is 6.44. The third kappa shape index (κ3) is 8.36. The highest BCUT2D eigenvalue weighted by Gasteiger charge is 2.25. The van der Waals surface area contributed by atoms with Crippen molar-refractivity contribution in [3.05, 3.63) is 70.3 Å². The third-order valence-corrected chi connectivity index (χ3v) is 6.44. The molecule has 1 aliphatic rings. The minimum Gasteiger partial charge on any atom is -0.390 e. The quantitative estimate of drug-likeness (QED) is 0.456. The van der Waals surface area contributed by atoms with E-state index in [0.29, 0.717) is 12.5 Å². The lowest BCUT2D eigenvalue weighted by Crippen LogP contribution is -2.49. The first-order valence-corrected chi connectivity index (χ1v) is 12.3. The highest BCUT2D eigenvalue weighted by Crippen LogP contribution is 2.33. The second-order valence-electron chi connectivity index (χ2n) is 10.9. The number of hydrogen-bond donors (Lipinski definition) is 3. The van der Waals surface area contributed by atoms with Gasteiger partial charge in [0.2, 0.25) is 0 Å². The van der Waals surface area contributed by atoms with Crippen molar-refractivity contribution in [3.8, 4) is 0 Å². The summed E-state index contributed by atoms with van der Waals surface area (Å²) in [4.78, 5) is 11.7. The fourth-order valence-corrected chi connectivity index (χ4v) is 4.94. The molecule has 2 aromatic rings. The maximum Gasteiger partial charge on any atom is 0.251 e. The molecule has 0 unspecified atom stereocenters. The van der Waals surface area contributed by atoms with Crippen molar-refractivity contribution >= 4 is 5.91 Å². The molecule has 0 saturated carbocycles. The van der Waals surface area contributed by atoms with Gasteiger partial charge in [-0.15, -0.1) is 0 Å². The molecule has 0 heterocycles. The topological polar surface area (TPSA) is 61.4 Å². The van der Waals surface area contributed by atoms with Crippen LogP contribution in [0, 0.1) is 17.0 Å². The number of amides is 1. The van der Waals surface area contributed by atoms with Gasteiger partial charge in [-0.05, 0) is 77.8 Å². The number of rotatable bonds is 10. The molecular weight excluding hydrogens is 453 g/mol. The van der Waals surface area contributed by atoms with Crippen LogP contribution in [0.4, 0.5) is 13.2 Å². The van der Waals surface area contributed by atoms with Crippen LogP contribution in [-0.4, -0.2) is 42.9 Å². The molecule has 1 amide bonds. The van der Waals surface area contributed by atoms with E-state index in [1.807, 2.05) is 0 Å². The largest absolute Gasteiger partial charge is 0.390 e. The summed E-state index contributed by atoms with van der Waals surface area (Å²) < 4.78 is 40.0. The first-order chi connectivity index (χ1) is 16.5. The highest BCUT2D eigenvalue weighted by molar-refractivity contribution is 5.77. The normalized spacial score (nSPS) is 17.5. The fraction of sp³-hybridized carbons (Fsp3) is 0.536. The molecule has 4 nitrogen and oxygen atoms in total. The van der Waals surface area contributed by atoms with Crippen LogP contribution < -0.4 is 10.6 Å². The van der Waals surface area contributed by atoms with Crippen LogP contribution >= 0.6 is 0 Å². The van der Waals surface area contributed by atoms with Crippen LogP contribution in [0.5, 0.6) is 0 Å². The number of carbonyl (C=O) groups excluding carboxylic acids is 1. The van der Waals surface area contributed by atoms with Crippen molar-refractivity contribution in [1.82, 2.24) is 10.6 Å². The van der Waals surface area contributed by atoms with Gasteiger partial charge in [0.1, 0.15) is 11.6 Å². The number of benzene rings is 2. The van der Waals surface area contributed by atoms with Crippen LogP contribution in [0.15, 0.2) is 36.4 Å². The van der Waals surface area contributed by atoms with Crippen LogP contribution in [-0.2, 0) is 24.1 Å². The smallest absolute Gasteiger partial charge is 0.251 e. The predicted molar refractivity (Wildman–Crippen MR) is 132 cm³/mol. The van der Waals surface area contributed by atoms with Crippen molar-refractivity contribution in [2.45, 2.75) is 70.9 Å². The molecule has 3 N–H and O–H groups in total. The standard InChI is InChI=1S/C28H37F3N2O2/c1-28(2,3)14-18-7-8-20-5-4-6-21(24(20)11-18)16-32-17-26(34)25(33-27(35)15-29)12-19-9-22(30)13-23(31)10-19/h7-11,13,21,25-26,32,34H,4-6,12,14-17H2,1-3H3,(H,33,35)/t21-,25+,26-/m1/s1. The van der Waals surface area contributed by atoms with E-state index in [1.54, 1.807) is 0 Å². The zero-order valence-electron chi connectivity index (χ0n) is 20.8. The number of alkyl halides is 1. The van der Waals surface area contributed by atoms with Gasteiger partial charge in [0.15, 0.2) is 6.67 Å². The van der Waals surface area contributed by atoms with Crippen molar-refractivity contribution in [1.29, 1.82) is 0 Å². The molecule has 0 bridgehead atoms. The zero-order chi connectivity index (χ0) is 25.6. The van der Waals surface area contributed by atoms with E-state index in [-0.39, 0.29) is 23.9 Å². The van der Waals surface area contributed by atoms with E-state index in [9.17, 15) is 23.1 Å². The van der Waals surface area contributed by atoms with Gasteiger partial charge in [0.05, 0.1) is 12.1 Å². The molecule has 0 aromatic heterocycles. The number of halogens is 3. The van der Waals surface area contributed by atoms with Gasteiger partial charge in [-0.3, -0.25) is 4.79 Å². The summed E-state index contributed by atoms with van der Waals surface area (Å²) in [5.74, 6) is -2.06. The number of carbonyl (C=O) groups is 1. The Hall–Kier alpha value is -2.38. The molecule has 0 fully saturated rings. The monoisotopic (exact) mass is 490 g/mol. The van der Waals surface area contributed by atoms with Crippen molar-refractivity contribution in [2.24, 2.45) is 5.41 Å². The lowest BCUT2D eigenvalue weighted by atomic mass is 9.80. The SMILES string of the molecule is CC(C)(C)Cc1ccc2c(c1)[C@@H](CNC[C@@H](O)[C@H](Cc1cc(F)cc(F)c1)NC(=O)CF)CCC2. The van der Waals surface area contributed by atoms with Gasteiger partial charge in [-0.1, -0.05) is 39.0 Å². The molecule has 0 saturated heterocycles. The molecule has 3 atom stereocenters. The summed E-state index contributed by atoms with van der Waals surface area (Å²) in [6, 6.07) is 8.92. The number of fused-ring (bicyclic) bond motifs is 1. The first-order valence-electron chi connectivity index (χ1n) is 12.3. The zero-order valence-corrected chi connectivity index (χ0v) is 20.8. The Balaban J connectivity index is 1.64. The number of hydrogen-bond acceptors (Lipinski definition) is 3. The van der Waals surface area contributed by atoms with Crippen LogP contribution in [0.3, 0.4) is 0 Å². The van der Waals surface area contributed by atoms with E-state index in [4.69, 9.17) is 0 Å². The lowest BCUT2D eigenvalue weighted by Gasteiger charge is -2.29. The minimum atomic E-state index is -1.23. The molecule has 3 rings (SSSR count). The Morgan fingerprint density at radius 2 is 1.83 bits per heavy atom. The van der Waals surface area contributed by atoms with Gasteiger partial charge >= 0.3 is 0 Å². The van der Waals surface area contributed by atoms with E-state index < -0.39 is 36.4 Å². The van der Waals surface area contributed by atoms with E-state index >= 15 is 0 Å². The van der Waals surface area contributed by atoms with Crippen LogP contribution in [0.25, 0.3) is 0 Å². The number of aliphatic hydroxyl groups is 1. The summed E-state index contributed by atoms with van der Waals surface area (Å²) in [6.07, 6.45) is 3.11. The summed E-state index contributed by atoms with van der Waals surface area (Å²) >= 11 is 0. The second-order valence-corrected chi connectivity index (χ2v) is 10.9. The average molecular weight is 491 g/mol. The number of nitrogens with one attached hydrogen (secondary N) is 2. The van der Waals surface area contributed by atoms with Crippen molar-refractivity contribution in [3.63, 3.8) is 0 Å². The van der Waals surface area contributed by atoms with Crippen LogP contribution in [0.2, 0.25) is 0 Å². The van der Waals surface area contributed by atoms with Gasteiger partial charge < -0.3 is 15.7 Å². The Bertz CT molecular complexity index is 986. The Morgan fingerprint density at radius 3 is 2.49 bits per heavy atom. The van der Waals surface area contributed by atoms with Gasteiger partial charge in [-0.2, -0.15) is 0 Å². The molecule has 0 spiro atoms. The second kappa shape index (κ2) is 12.0. The maximum absolute atomic E-state index is 13.6. The van der Waals surface area contributed by atoms with Gasteiger partial charge in [0, 0.05) is 19.2 Å². The summed E-state index contributed by atoms with van der Waals surface area (Å²) in [7, 11) is 0. The summed E-state index contributed by atoms with van der Waals surface area (Å²) in [6.45, 7) is 6.25. The van der Waals surface area contributed by atoms with E-state index in [1.165, 1.54) is 16.7 Å². The fourth-order valence-electron chi connectivity index (χ4n) is 4.94. The Kier molecular flexibility index (Phi) is 9.36. The van der Waals surface area contributed by atoms with E-state index in [2.05, 4.69) is 49.6 Å². The van der Waals surface area contributed by atoms with Gasteiger partial charge in [0.25, 0.3) is 5.91 Å². The Morgan fingerprint density at radius 1 is 1.11 bits per heavy atom. The van der Waals surface area contributed by atoms with Crippen LogP contribution in [0.1, 0.15) is 61.8 Å². The lowest BCUT2D eigenvalue weighted by molar-refractivity contribution is -0.123. The van der Waals surface area contributed by atoms with E-state index in [0.717, 1.165) is 43.9 Å². The van der Waals surface area contributed by atoms with Gasteiger partial charge in [-0.25, -0.2) is 13.2 Å². The molecule has 0 aliphatic heterocycles. The minimum absolute atomic E-state index is 0.0221. The molecule has 2 aromatic carbocycles. The average Bonchev–Trinajstić information content (AvgIpc) is 2.77. The van der Waals surface area contributed by atoms with Crippen molar-refractivity contribution in [2.75, 3.05) is 19.8 Å². The molecule has 0 radical (unpaired) electrons.